The molecule has 0 bridgehead atoms. The van der Waals surface area contributed by atoms with Gasteiger partial charge in [-0.2, -0.15) is 0 Å². The fraction of sp³-hybridized carbons (Fsp3) is 0.182. The summed E-state index contributed by atoms with van der Waals surface area (Å²) in [5, 5.41) is 9.50. The molecule has 1 aliphatic rings. The van der Waals surface area contributed by atoms with Crippen molar-refractivity contribution in [3.8, 4) is 11.5 Å². The van der Waals surface area contributed by atoms with Gasteiger partial charge in [0, 0.05) is 17.0 Å². The number of fused-ring (bicyclic) bond motifs is 2. The predicted molar refractivity (Wildman–Crippen MR) is 53.7 cm³/mol. The number of carbonyl (C=O) groups is 1. The predicted octanol–water partition coefficient (Wildman–Crippen LogP) is 1.79. The summed E-state index contributed by atoms with van der Waals surface area (Å²) in [6, 6.07) is 3.46. The van der Waals surface area contributed by atoms with E-state index in [-0.39, 0.29) is 13.2 Å². The van der Waals surface area contributed by atoms with E-state index in [0.717, 1.165) is 5.39 Å². The molecule has 1 aromatic heterocycles. The minimum Gasteiger partial charge on any atom is -0.481 e. The molecule has 0 radical (unpaired) electrons. The van der Waals surface area contributed by atoms with Crippen molar-refractivity contribution in [2.75, 3.05) is 6.79 Å². The lowest BCUT2D eigenvalue weighted by Gasteiger charge is -1.96. The van der Waals surface area contributed by atoms with Crippen LogP contribution in [0.2, 0.25) is 0 Å². The summed E-state index contributed by atoms with van der Waals surface area (Å²) in [5.41, 5.74) is 1.25. The van der Waals surface area contributed by atoms with Crippen molar-refractivity contribution in [1.29, 1.82) is 0 Å². The monoisotopic (exact) mass is 220 g/mol. The summed E-state index contributed by atoms with van der Waals surface area (Å²) in [6.07, 6.45) is 1.39. The highest BCUT2D eigenvalue weighted by molar-refractivity contribution is 5.88. The molecule has 1 aliphatic heterocycles. The molecule has 3 rings (SSSR count). The molecule has 82 valence electrons. The molecule has 0 saturated heterocycles. The Kier molecular flexibility index (Phi) is 1.80. The van der Waals surface area contributed by atoms with Gasteiger partial charge in [0.2, 0.25) is 6.79 Å². The standard InChI is InChI=1S/C11H8O5/c12-11(13)1-6-4-14-8-3-10-9(2-7(6)8)15-5-16-10/h2-4H,1,5H2,(H,12,13). The maximum absolute atomic E-state index is 10.6. The van der Waals surface area contributed by atoms with Gasteiger partial charge in [0.15, 0.2) is 11.5 Å². The lowest BCUT2D eigenvalue weighted by Crippen LogP contribution is -1.98. The second-order valence-electron chi connectivity index (χ2n) is 3.53. The molecule has 2 heterocycles. The summed E-state index contributed by atoms with van der Waals surface area (Å²) in [5.74, 6) is 0.365. The van der Waals surface area contributed by atoms with E-state index in [4.69, 9.17) is 19.0 Å². The topological polar surface area (TPSA) is 68.9 Å². The quantitative estimate of drug-likeness (QED) is 0.835. The highest BCUT2D eigenvalue weighted by Gasteiger charge is 2.18. The number of ether oxygens (including phenoxy) is 2. The van der Waals surface area contributed by atoms with Crippen LogP contribution in [-0.4, -0.2) is 17.9 Å². The van der Waals surface area contributed by atoms with Crippen molar-refractivity contribution in [3.05, 3.63) is 24.0 Å². The van der Waals surface area contributed by atoms with Gasteiger partial charge < -0.3 is 19.0 Å². The van der Waals surface area contributed by atoms with Crippen molar-refractivity contribution in [2.24, 2.45) is 0 Å². The Balaban J connectivity index is 2.15. The van der Waals surface area contributed by atoms with Crippen LogP contribution in [0.5, 0.6) is 11.5 Å². The first-order valence-electron chi connectivity index (χ1n) is 4.75. The first kappa shape index (κ1) is 9.08. The molecule has 5 heteroatoms. The van der Waals surface area contributed by atoms with Crippen LogP contribution in [0.1, 0.15) is 5.56 Å². The highest BCUT2D eigenvalue weighted by atomic mass is 16.7. The van der Waals surface area contributed by atoms with Gasteiger partial charge >= 0.3 is 5.97 Å². The smallest absolute Gasteiger partial charge is 0.307 e. The lowest BCUT2D eigenvalue weighted by atomic mass is 10.1. The van der Waals surface area contributed by atoms with Gasteiger partial charge in [-0.25, -0.2) is 0 Å². The van der Waals surface area contributed by atoms with E-state index in [0.29, 0.717) is 22.6 Å². The Morgan fingerprint density at radius 1 is 1.31 bits per heavy atom. The van der Waals surface area contributed by atoms with Gasteiger partial charge in [-0.15, -0.1) is 0 Å². The number of benzene rings is 1. The van der Waals surface area contributed by atoms with Crippen molar-refractivity contribution in [2.45, 2.75) is 6.42 Å². The molecule has 0 saturated carbocycles. The van der Waals surface area contributed by atoms with Gasteiger partial charge in [-0.05, 0) is 6.07 Å². The van der Waals surface area contributed by atoms with E-state index in [2.05, 4.69) is 0 Å². The molecule has 0 amide bonds. The molecular formula is C11H8O5. The summed E-state index contributed by atoms with van der Waals surface area (Å²) in [6.45, 7) is 0.191. The van der Waals surface area contributed by atoms with Gasteiger partial charge in [0.05, 0.1) is 12.7 Å². The van der Waals surface area contributed by atoms with E-state index in [9.17, 15) is 4.79 Å². The average molecular weight is 220 g/mol. The number of hydrogen-bond donors (Lipinski definition) is 1. The zero-order chi connectivity index (χ0) is 11.1. The van der Waals surface area contributed by atoms with Crippen LogP contribution in [-0.2, 0) is 11.2 Å². The highest BCUT2D eigenvalue weighted by Crippen LogP contribution is 2.37. The van der Waals surface area contributed by atoms with Gasteiger partial charge in [0.1, 0.15) is 5.58 Å². The lowest BCUT2D eigenvalue weighted by molar-refractivity contribution is -0.136. The first-order valence-corrected chi connectivity index (χ1v) is 4.75. The van der Waals surface area contributed by atoms with Crippen LogP contribution >= 0.6 is 0 Å². The summed E-state index contributed by atoms with van der Waals surface area (Å²) in [4.78, 5) is 10.6. The molecule has 5 nitrogen and oxygen atoms in total. The Bertz CT molecular complexity index is 569. The Hall–Kier alpha value is -2.17. The van der Waals surface area contributed by atoms with Gasteiger partial charge in [-0.3, -0.25) is 4.79 Å². The van der Waals surface area contributed by atoms with E-state index < -0.39 is 5.97 Å². The van der Waals surface area contributed by atoms with E-state index in [1.54, 1.807) is 12.1 Å². The number of carboxylic acid groups (broad SMARTS) is 1. The molecule has 0 spiro atoms. The molecule has 2 aromatic rings. The fourth-order valence-corrected chi connectivity index (χ4v) is 1.77. The van der Waals surface area contributed by atoms with E-state index in [1.807, 2.05) is 0 Å². The molecule has 16 heavy (non-hydrogen) atoms. The largest absolute Gasteiger partial charge is 0.481 e. The third-order valence-corrected chi connectivity index (χ3v) is 2.49. The van der Waals surface area contributed by atoms with Crippen LogP contribution in [0.3, 0.4) is 0 Å². The molecule has 1 aromatic carbocycles. The number of rotatable bonds is 2. The maximum atomic E-state index is 10.6. The second kappa shape index (κ2) is 3.16. The zero-order valence-electron chi connectivity index (χ0n) is 8.23. The summed E-state index contributed by atoms with van der Waals surface area (Å²) < 4.78 is 15.7. The molecule has 0 fully saturated rings. The minimum absolute atomic E-state index is 0.0629. The van der Waals surface area contributed by atoms with E-state index >= 15 is 0 Å². The van der Waals surface area contributed by atoms with E-state index in [1.165, 1.54) is 6.26 Å². The average Bonchev–Trinajstić information content (AvgIpc) is 2.81. The molecule has 0 unspecified atom stereocenters. The fourth-order valence-electron chi connectivity index (χ4n) is 1.77. The SMILES string of the molecule is O=C(O)Cc1coc2cc3c(cc12)OCO3. The van der Waals surface area contributed by atoms with Crippen LogP contribution in [0.15, 0.2) is 22.8 Å². The summed E-state index contributed by atoms with van der Waals surface area (Å²) >= 11 is 0. The normalized spacial score (nSPS) is 13.2. The number of hydrogen-bond acceptors (Lipinski definition) is 4. The Morgan fingerprint density at radius 3 is 2.81 bits per heavy atom. The van der Waals surface area contributed by atoms with Crippen molar-refractivity contribution < 1.29 is 23.8 Å². The molecule has 0 aliphatic carbocycles. The van der Waals surface area contributed by atoms with Crippen LogP contribution in [0, 0.1) is 0 Å². The van der Waals surface area contributed by atoms with Gasteiger partial charge in [-0.1, -0.05) is 0 Å². The van der Waals surface area contributed by atoms with Gasteiger partial charge in [0.25, 0.3) is 0 Å². The number of aliphatic carboxylic acids is 1. The minimum atomic E-state index is -0.889. The van der Waals surface area contributed by atoms with Crippen LogP contribution < -0.4 is 9.47 Å². The molecular weight excluding hydrogens is 212 g/mol. The maximum Gasteiger partial charge on any atom is 0.307 e. The van der Waals surface area contributed by atoms with Crippen LogP contribution in [0.25, 0.3) is 11.0 Å². The first-order chi connectivity index (χ1) is 7.74. The zero-order valence-corrected chi connectivity index (χ0v) is 8.23. The number of furan rings is 1. The van der Waals surface area contributed by atoms with Crippen molar-refractivity contribution >= 4 is 16.9 Å². The van der Waals surface area contributed by atoms with Crippen molar-refractivity contribution in [1.82, 2.24) is 0 Å². The molecule has 0 atom stereocenters. The van der Waals surface area contributed by atoms with Crippen LogP contribution in [0.4, 0.5) is 0 Å². The third-order valence-electron chi connectivity index (χ3n) is 2.49. The third kappa shape index (κ3) is 1.29. The Labute approximate surface area is 90.2 Å². The Morgan fingerprint density at radius 2 is 2.06 bits per heavy atom. The number of carboxylic acids is 1. The molecule has 1 N–H and O–H groups in total. The second-order valence-corrected chi connectivity index (χ2v) is 3.53. The summed E-state index contributed by atoms with van der Waals surface area (Å²) in [7, 11) is 0. The van der Waals surface area contributed by atoms with Crippen molar-refractivity contribution in [3.63, 3.8) is 0 Å².